The highest BCUT2D eigenvalue weighted by Gasteiger charge is 2.50. The molecule has 1 fully saturated rings. The molecule has 1 amide bonds. The van der Waals surface area contributed by atoms with Gasteiger partial charge in [0.15, 0.2) is 0 Å². The molecule has 1 aliphatic carbocycles. The van der Waals surface area contributed by atoms with E-state index in [1.165, 1.54) is 0 Å². The van der Waals surface area contributed by atoms with Gasteiger partial charge < -0.3 is 5.32 Å². The molecule has 2 rings (SSSR count). The van der Waals surface area contributed by atoms with Crippen LogP contribution in [-0.4, -0.2) is 16.9 Å². The second-order valence-corrected chi connectivity index (χ2v) is 4.97. The lowest BCUT2D eigenvalue weighted by Gasteiger charge is -2.14. The van der Waals surface area contributed by atoms with Gasteiger partial charge in [-0.25, -0.2) is 0 Å². The Morgan fingerprint density at radius 1 is 1.33 bits per heavy atom. The molecule has 1 aliphatic rings. The third-order valence-electron chi connectivity index (χ3n) is 2.89. The van der Waals surface area contributed by atoms with Gasteiger partial charge in [0.2, 0.25) is 5.91 Å². The highest BCUT2D eigenvalue weighted by molar-refractivity contribution is 14.1. The van der Waals surface area contributed by atoms with E-state index in [1.54, 1.807) is 0 Å². The fourth-order valence-electron chi connectivity index (χ4n) is 1.86. The molecule has 80 valence electrons. The van der Waals surface area contributed by atoms with Gasteiger partial charge in [-0.05, 0) is 18.4 Å². The average Bonchev–Trinajstić information content (AvgIpc) is 3.08. The zero-order valence-corrected chi connectivity index (χ0v) is 10.7. The summed E-state index contributed by atoms with van der Waals surface area (Å²) in [5.74, 6) is 0.199. The fourth-order valence-corrected chi connectivity index (χ4v) is 2.13. The van der Waals surface area contributed by atoms with E-state index < -0.39 is 0 Å². The van der Waals surface area contributed by atoms with Crippen molar-refractivity contribution in [1.29, 1.82) is 0 Å². The molecule has 1 N–H and O–H groups in total. The number of carbonyl (C=O) groups is 1. The predicted octanol–water partition coefficient (Wildman–Crippen LogP) is 2.27. The zero-order chi connectivity index (χ0) is 10.7. The Labute approximate surface area is 104 Å². The van der Waals surface area contributed by atoms with Gasteiger partial charge in [-0.1, -0.05) is 52.9 Å². The van der Waals surface area contributed by atoms with Crippen molar-refractivity contribution in [2.45, 2.75) is 18.3 Å². The van der Waals surface area contributed by atoms with Crippen molar-refractivity contribution < 1.29 is 4.79 Å². The maximum atomic E-state index is 12.0. The first-order valence-corrected chi connectivity index (χ1v) is 6.72. The molecule has 1 saturated carbocycles. The van der Waals surface area contributed by atoms with Gasteiger partial charge in [-0.2, -0.15) is 0 Å². The molecule has 0 bridgehead atoms. The number of halogens is 1. The monoisotopic (exact) mass is 315 g/mol. The van der Waals surface area contributed by atoms with Crippen molar-refractivity contribution in [3.8, 4) is 0 Å². The van der Waals surface area contributed by atoms with Gasteiger partial charge in [-0.3, -0.25) is 4.79 Å². The Hall–Kier alpha value is -0.580. The number of amides is 1. The largest absolute Gasteiger partial charge is 0.355 e. The molecule has 3 heteroatoms. The summed E-state index contributed by atoms with van der Waals surface area (Å²) in [6.45, 7) is 0.772. The summed E-state index contributed by atoms with van der Waals surface area (Å²) < 4.78 is 0.967. The summed E-state index contributed by atoms with van der Waals surface area (Å²) in [4.78, 5) is 12.0. The second-order valence-electron chi connectivity index (χ2n) is 3.89. The molecule has 0 atom stereocenters. The maximum Gasteiger partial charge on any atom is 0.230 e. The number of carbonyl (C=O) groups excluding carboxylic acids is 1. The molecular weight excluding hydrogens is 301 g/mol. The standard InChI is InChI=1S/C12H14INO/c13-8-9-14-11(15)12(6-7-12)10-4-2-1-3-5-10/h1-5H,6-9H2,(H,14,15). The Morgan fingerprint density at radius 2 is 2.00 bits per heavy atom. The van der Waals surface area contributed by atoms with Crippen molar-refractivity contribution >= 4 is 28.5 Å². The molecule has 0 radical (unpaired) electrons. The van der Waals surface area contributed by atoms with Crippen molar-refractivity contribution in [3.63, 3.8) is 0 Å². The summed E-state index contributed by atoms with van der Waals surface area (Å²) >= 11 is 2.27. The molecule has 0 unspecified atom stereocenters. The minimum absolute atomic E-state index is 0.199. The van der Waals surface area contributed by atoms with Crippen LogP contribution in [0.4, 0.5) is 0 Å². The smallest absolute Gasteiger partial charge is 0.230 e. The van der Waals surface area contributed by atoms with Gasteiger partial charge in [0.25, 0.3) is 0 Å². The van der Waals surface area contributed by atoms with E-state index >= 15 is 0 Å². The number of nitrogens with one attached hydrogen (secondary N) is 1. The van der Waals surface area contributed by atoms with E-state index in [2.05, 4.69) is 40.0 Å². The van der Waals surface area contributed by atoms with E-state index in [0.29, 0.717) is 0 Å². The topological polar surface area (TPSA) is 29.1 Å². The minimum Gasteiger partial charge on any atom is -0.355 e. The Kier molecular flexibility index (Phi) is 3.29. The third kappa shape index (κ3) is 2.17. The fraction of sp³-hybridized carbons (Fsp3) is 0.417. The Balaban J connectivity index is 2.11. The van der Waals surface area contributed by atoms with Crippen LogP contribution in [0.5, 0.6) is 0 Å². The van der Waals surface area contributed by atoms with E-state index in [4.69, 9.17) is 0 Å². The lowest BCUT2D eigenvalue weighted by Crippen LogP contribution is -2.35. The average molecular weight is 315 g/mol. The van der Waals surface area contributed by atoms with Crippen LogP contribution in [0.15, 0.2) is 30.3 Å². The highest BCUT2D eigenvalue weighted by Crippen LogP contribution is 2.48. The number of hydrogen-bond donors (Lipinski definition) is 1. The van der Waals surface area contributed by atoms with Gasteiger partial charge in [0, 0.05) is 11.0 Å². The third-order valence-corrected chi connectivity index (χ3v) is 3.43. The first-order chi connectivity index (χ1) is 7.29. The van der Waals surface area contributed by atoms with E-state index in [9.17, 15) is 4.79 Å². The lowest BCUT2D eigenvalue weighted by molar-refractivity contribution is -0.123. The number of benzene rings is 1. The van der Waals surface area contributed by atoms with E-state index in [-0.39, 0.29) is 11.3 Å². The van der Waals surface area contributed by atoms with Crippen molar-refractivity contribution in [2.24, 2.45) is 0 Å². The molecule has 1 aromatic rings. The first-order valence-electron chi connectivity index (χ1n) is 5.19. The molecule has 15 heavy (non-hydrogen) atoms. The number of hydrogen-bond acceptors (Lipinski definition) is 1. The summed E-state index contributed by atoms with van der Waals surface area (Å²) in [5.41, 5.74) is 0.962. The van der Waals surface area contributed by atoms with E-state index in [0.717, 1.165) is 29.4 Å². The molecule has 0 heterocycles. The van der Waals surface area contributed by atoms with Crippen LogP contribution in [0, 0.1) is 0 Å². The SMILES string of the molecule is O=C(NCCI)C1(c2ccccc2)CC1. The molecule has 1 aromatic carbocycles. The van der Waals surface area contributed by atoms with Crippen LogP contribution in [-0.2, 0) is 10.2 Å². The summed E-state index contributed by atoms with van der Waals surface area (Å²) in [6.07, 6.45) is 1.98. The molecule has 0 aromatic heterocycles. The van der Waals surface area contributed by atoms with Crippen molar-refractivity contribution in [2.75, 3.05) is 11.0 Å². The summed E-state index contributed by atoms with van der Waals surface area (Å²) in [6, 6.07) is 10.1. The van der Waals surface area contributed by atoms with Crippen LogP contribution < -0.4 is 5.32 Å². The van der Waals surface area contributed by atoms with E-state index in [1.807, 2.05) is 18.2 Å². The van der Waals surface area contributed by atoms with Crippen LogP contribution in [0.3, 0.4) is 0 Å². The molecule has 0 saturated heterocycles. The number of alkyl halides is 1. The van der Waals surface area contributed by atoms with Gasteiger partial charge >= 0.3 is 0 Å². The van der Waals surface area contributed by atoms with Crippen molar-refractivity contribution in [3.05, 3.63) is 35.9 Å². The summed E-state index contributed by atoms with van der Waals surface area (Å²) in [5, 5.41) is 2.99. The summed E-state index contributed by atoms with van der Waals surface area (Å²) in [7, 11) is 0. The maximum absolute atomic E-state index is 12.0. The minimum atomic E-state index is -0.201. The van der Waals surface area contributed by atoms with Crippen LogP contribution in [0.2, 0.25) is 0 Å². The molecule has 0 aliphatic heterocycles. The van der Waals surface area contributed by atoms with Crippen LogP contribution in [0.25, 0.3) is 0 Å². The predicted molar refractivity (Wildman–Crippen MR) is 69.3 cm³/mol. The van der Waals surface area contributed by atoms with Gasteiger partial charge in [-0.15, -0.1) is 0 Å². The molecule has 0 spiro atoms. The Morgan fingerprint density at radius 3 is 2.53 bits per heavy atom. The van der Waals surface area contributed by atoms with Crippen LogP contribution >= 0.6 is 22.6 Å². The lowest BCUT2D eigenvalue weighted by atomic mass is 9.95. The number of rotatable bonds is 4. The molecular formula is C12H14INO. The quantitative estimate of drug-likeness (QED) is 0.670. The van der Waals surface area contributed by atoms with Crippen LogP contribution in [0.1, 0.15) is 18.4 Å². The highest BCUT2D eigenvalue weighted by atomic mass is 127. The molecule has 2 nitrogen and oxygen atoms in total. The Bertz CT molecular complexity index is 346. The zero-order valence-electron chi connectivity index (χ0n) is 8.50. The first kappa shape index (κ1) is 10.9. The normalized spacial score (nSPS) is 17.1. The van der Waals surface area contributed by atoms with Gasteiger partial charge in [0.05, 0.1) is 5.41 Å². The second kappa shape index (κ2) is 4.51. The van der Waals surface area contributed by atoms with Gasteiger partial charge in [0.1, 0.15) is 0 Å². The van der Waals surface area contributed by atoms with Crippen molar-refractivity contribution in [1.82, 2.24) is 5.32 Å².